The summed E-state index contributed by atoms with van der Waals surface area (Å²) in [4.78, 5) is 0. The Bertz CT molecular complexity index is 738. The number of allylic oxidation sites excluding steroid dienone is 8. The van der Waals surface area contributed by atoms with Crippen LogP contribution < -0.4 is 0 Å². The van der Waals surface area contributed by atoms with Crippen molar-refractivity contribution < 1.29 is 0 Å². The molecule has 4 aliphatic heterocycles. The van der Waals surface area contributed by atoms with E-state index in [0.717, 1.165) is 11.3 Å². The van der Waals surface area contributed by atoms with Crippen molar-refractivity contribution in [1.82, 2.24) is 0 Å². The lowest BCUT2D eigenvalue weighted by Gasteiger charge is -2.33. The fraction of sp³-hybridized carbons (Fsp3) is 0.636. The van der Waals surface area contributed by atoms with Crippen LogP contribution in [0, 0.1) is 10.8 Å². The number of hydrogen-bond acceptors (Lipinski definition) is 0. The highest BCUT2D eigenvalue weighted by Gasteiger charge is 2.60. The van der Waals surface area contributed by atoms with Gasteiger partial charge in [-0.2, -0.15) is 0 Å². The molecule has 4 aliphatic rings. The Balaban J connectivity index is 1.95. The molecule has 6 atom stereocenters. The average Bonchev–Trinajstić information content (AvgIpc) is 3.00. The molecule has 24 heavy (non-hydrogen) atoms. The average molecular weight is 358 g/mol. The predicted octanol–water partition coefficient (Wildman–Crippen LogP) is 7.93. The first-order chi connectivity index (χ1) is 11.0. The smallest absolute Gasteiger partial charge is 0.0173 e. The van der Waals surface area contributed by atoms with Crippen molar-refractivity contribution >= 4 is 15.8 Å². The van der Waals surface area contributed by atoms with Gasteiger partial charge in [-0.25, -0.2) is 0 Å². The molecule has 0 N–H and O–H groups in total. The standard InChI is InChI=1S/C22H32P2/c1-11-15(5)23-17(7)21(11,9)13(3)19(23)20-14(4)22(10)12(2)16(6)24(20)18(22)8/h17-18H,1-10H3/t17?,18?,21-,22-,23?,24?/m0/s1. The Morgan fingerprint density at radius 3 is 1.12 bits per heavy atom. The second-order valence-electron chi connectivity index (χ2n) is 8.86. The van der Waals surface area contributed by atoms with E-state index in [1.807, 2.05) is 10.6 Å². The molecule has 0 aromatic rings. The molecule has 0 saturated heterocycles. The highest BCUT2D eigenvalue weighted by Crippen LogP contribution is 2.86. The van der Waals surface area contributed by atoms with Crippen molar-refractivity contribution in [1.29, 1.82) is 0 Å². The number of rotatable bonds is 1. The minimum Gasteiger partial charge on any atom is -0.0589 e. The van der Waals surface area contributed by atoms with Crippen LogP contribution in [0.4, 0.5) is 0 Å². The fourth-order valence-corrected chi connectivity index (χ4v) is 14.4. The quantitative estimate of drug-likeness (QED) is 0.417. The lowest BCUT2D eigenvalue weighted by atomic mass is 9.72. The van der Waals surface area contributed by atoms with Crippen molar-refractivity contribution in [2.75, 3.05) is 0 Å². The van der Waals surface area contributed by atoms with Crippen LogP contribution in [0.25, 0.3) is 0 Å². The van der Waals surface area contributed by atoms with Gasteiger partial charge >= 0.3 is 0 Å². The van der Waals surface area contributed by atoms with E-state index >= 15 is 0 Å². The SMILES string of the molecule is CC1=C(C)[C@@]2(C)C(C)=C(C3=C(C)[C@]4(C)C(C)=C(C)P3C4C)P1C2C. The van der Waals surface area contributed by atoms with Gasteiger partial charge in [0.2, 0.25) is 0 Å². The summed E-state index contributed by atoms with van der Waals surface area (Å²) >= 11 is 0. The Hall–Kier alpha value is -0.180. The van der Waals surface area contributed by atoms with Gasteiger partial charge in [-0.05, 0) is 90.0 Å². The molecule has 0 aromatic heterocycles. The second kappa shape index (κ2) is 4.75. The maximum atomic E-state index is 2.53. The summed E-state index contributed by atoms with van der Waals surface area (Å²) in [5.74, 6) is 0. The molecule has 130 valence electrons. The molecular formula is C22H32P2. The molecule has 4 rings (SSSR count). The van der Waals surface area contributed by atoms with Crippen molar-refractivity contribution in [2.24, 2.45) is 10.8 Å². The third kappa shape index (κ3) is 1.48. The van der Waals surface area contributed by atoms with Gasteiger partial charge in [0.25, 0.3) is 0 Å². The fourth-order valence-electron chi connectivity index (χ4n) is 6.19. The lowest BCUT2D eigenvalue weighted by molar-refractivity contribution is 0.485. The van der Waals surface area contributed by atoms with Gasteiger partial charge in [0.1, 0.15) is 0 Å². The third-order valence-electron chi connectivity index (χ3n) is 8.79. The lowest BCUT2D eigenvalue weighted by Crippen LogP contribution is -2.24. The van der Waals surface area contributed by atoms with Crippen LogP contribution in [0.5, 0.6) is 0 Å². The molecule has 0 nitrogen and oxygen atoms in total. The zero-order valence-corrected chi connectivity index (χ0v) is 18.8. The first-order valence-corrected chi connectivity index (χ1v) is 12.2. The predicted molar refractivity (Wildman–Crippen MR) is 111 cm³/mol. The molecule has 4 unspecified atom stereocenters. The van der Waals surface area contributed by atoms with Gasteiger partial charge in [-0.15, -0.1) is 0 Å². The molecule has 0 fully saturated rings. The number of hydrogen-bond donors (Lipinski definition) is 0. The maximum Gasteiger partial charge on any atom is 0.0173 e. The highest BCUT2D eigenvalue weighted by molar-refractivity contribution is 7.73. The van der Waals surface area contributed by atoms with Crippen LogP contribution in [0.3, 0.4) is 0 Å². The van der Waals surface area contributed by atoms with Crippen molar-refractivity contribution in [3.63, 3.8) is 0 Å². The van der Waals surface area contributed by atoms with Gasteiger partial charge in [0.15, 0.2) is 0 Å². The van der Waals surface area contributed by atoms with Gasteiger partial charge in [0.05, 0.1) is 0 Å². The van der Waals surface area contributed by atoms with Crippen LogP contribution in [-0.4, -0.2) is 11.3 Å². The van der Waals surface area contributed by atoms with Crippen LogP contribution in [-0.2, 0) is 0 Å². The largest absolute Gasteiger partial charge is 0.0589 e. The van der Waals surface area contributed by atoms with E-state index in [1.165, 1.54) is 0 Å². The van der Waals surface area contributed by atoms with E-state index in [-0.39, 0.29) is 15.8 Å². The van der Waals surface area contributed by atoms with Crippen LogP contribution in [0.15, 0.2) is 43.5 Å². The molecule has 0 saturated carbocycles. The minimum absolute atomic E-state index is 0.111. The monoisotopic (exact) mass is 358 g/mol. The molecule has 4 heterocycles. The highest BCUT2D eigenvalue weighted by atomic mass is 31.1. The third-order valence-corrected chi connectivity index (χ3v) is 15.7. The summed E-state index contributed by atoms with van der Waals surface area (Å²) in [6.45, 7) is 24.7. The zero-order valence-electron chi connectivity index (χ0n) is 17.0. The van der Waals surface area contributed by atoms with Gasteiger partial charge in [0, 0.05) is 10.8 Å². The summed E-state index contributed by atoms with van der Waals surface area (Å²) < 4.78 is 0. The normalized spacial score (nSPS) is 47.2. The molecule has 0 spiro atoms. The summed E-state index contributed by atoms with van der Waals surface area (Å²) in [6.07, 6.45) is 0. The Morgan fingerprint density at radius 2 is 0.875 bits per heavy atom. The van der Waals surface area contributed by atoms with Crippen LogP contribution in [0.2, 0.25) is 0 Å². The van der Waals surface area contributed by atoms with Crippen LogP contribution >= 0.6 is 15.8 Å². The van der Waals surface area contributed by atoms with E-state index in [1.54, 1.807) is 32.9 Å². The van der Waals surface area contributed by atoms with Gasteiger partial charge in [-0.3, -0.25) is 0 Å². The van der Waals surface area contributed by atoms with Crippen LogP contribution in [0.1, 0.15) is 69.2 Å². The van der Waals surface area contributed by atoms with E-state index in [4.69, 9.17) is 0 Å². The molecular weight excluding hydrogens is 326 g/mol. The molecule has 0 aliphatic carbocycles. The first kappa shape index (κ1) is 17.2. The van der Waals surface area contributed by atoms with E-state index in [0.29, 0.717) is 10.8 Å². The van der Waals surface area contributed by atoms with Crippen molar-refractivity contribution in [2.45, 2.75) is 80.6 Å². The van der Waals surface area contributed by atoms with Gasteiger partial charge < -0.3 is 0 Å². The zero-order chi connectivity index (χ0) is 17.9. The van der Waals surface area contributed by atoms with E-state index in [9.17, 15) is 0 Å². The van der Waals surface area contributed by atoms with E-state index < -0.39 is 0 Å². The van der Waals surface area contributed by atoms with Crippen molar-refractivity contribution in [3.05, 3.63) is 43.5 Å². The number of fused-ring (bicyclic) bond motifs is 4. The van der Waals surface area contributed by atoms with Gasteiger partial charge in [-0.1, -0.05) is 50.0 Å². The maximum absolute atomic E-state index is 2.53. The second-order valence-corrected chi connectivity index (χ2v) is 14.1. The molecule has 4 bridgehead atoms. The first-order valence-electron chi connectivity index (χ1n) is 9.39. The Morgan fingerprint density at radius 1 is 0.583 bits per heavy atom. The molecule has 2 heteroatoms. The molecule has 0 aromatic carbocycles. The summed E-state index contributed by atoms with van der Waals surface area (Å²) in [5, 5.41) is 7.12. The summed E-state index contributed by atoms with van der Waals surface area (Å²) in [6, 6.07) is 0. The van der Waals surface area contributed by atoms with E-state index in [2.05, 4.69) is 69.2 Å². The Labute approximate surface area is 151 Å². The minimum atomic E-state index is -0.111. The summed E-state index contributed by atoms with van der Waals surface area (Å²) in [5.41, 5.74) is 9.04. The topological polar surface area (TPSA) is 0 Å². The molecule has 0 radical (unpaired) electrons. The van der Waals surface area contributed by atoms with Crippen molar-refractivity contribution in [3.8, 4) is 0 Å². The summed E-state index contributed by atoms with van der Waals surface area (Å²) in [7, 11) is -0.222. The Kier molecular flexibility index (Phi) is 3.41. The molecule has 0 amide bonds.